The number of aryl methyl sites for hydroxylation is 2. The molecule has 1 saturated heterocycles. The summed E-state index contributed by atoms with van der Waals surface area (Å²) < 4.78 is 1.97. The van der Waals surface area contributed by atoms with E-state index in [1.165, 1.54) is 0 Å². The normalized spacial score (nSPS) is 18.1. The van der Waals surface area contributed by atoms with Gasteiger partial charge in [-0.1, -0.05) is 0 Å². The van der Waals surface area contributed by atoms with Gasteiger partial charge in [-0.25, -0.2) is 4.98 Å². The van der Waals surface area contributed by atoms with E-state index in [1.807, 2.05) is 35.7 Å². The third-order valence-corrected chi connectivity index (χ3v) is 3.81. The van der Waals surface area contributed by atoms with Crippen molar-refractivity contribution in [3.63, 3.8) is 0 Å². The molecule has 3 rings (SSSR count). The van der Waals surface area contributed by atoms with Crippen LogP contribution < -0.4 is 5.32 Å². The summed E-state index contributed by atoms with van der Waals surface area (Å²) in [6.07, 6.45) is 4.00. The number of rotatable bonds is 3. The molecule has 2 N–H and O–H groups in total. The van der Waals surface area contributed by atoms with E-state index in [-0.39, 0.29) is 24.4 Å². The van der Waals surface area contributed by atoms with Crippen LogP contribution in [0.5, 0.6) is 0 Å². The Morgan fingerprint density at radius 1 is 1.50 bits per heavy atom. The van der Waals surface area contributed by atoms with E-state index in [0.29, 0.717) is 13.0 Å². The van der Waals surface area contributed by atoms with Crippen molar-refractivity contribution in [3.8, 4) is 0 Å². The number of imidazole rings is 1. The summed E-state index contributed by atoms with van der Waals surface area (Å²) in [5.41, 5.74) is 1.76. The van der Waals surface area contributed by atoms with E-state index in [2.05, 4.69) is 20.5 Å². The Morgan fingerprint density at radius 3 is 2.95 bits per heavy atom. The Bertz CT molecular complexity index is 637. The number of H-pyrrole nitrogens is 1. The third kappa shape index (κ3) is 3.31. The number of nitrogens with one attached hydrogen (secondary N) is 2. The number of halogens is 1. The Hall–Kier alpha value is -1.86. The van der Waals surface area contributed by atoms with Crippen LogP contribution in [0, 0.1) is 6.92 Å². The fraction of sp³-hybridized carbons (Fsp3) is 0.500. The molecule has 1 amide bonds. The third-order valence-electron chi connectivity index (χ3n) is 3.81. The molecule has 0 saturated carbocycles. The second-order valence-corrected chi connectivity index (χ2v) is 5.42. The molecule has 1 aliphatic heterocycles. The lowest BCUT2D eigenvalue weighted by atomic mass is 10.1. The molecule has 120 valence electrons. The standard InChI is InChI=1S/C14H20N6O.ClH/c1-10-7-11(18-17-10)8-13(21)20-6-3-15-9-12(20)14-16-4-5-19(14)2;/h4-5,7,12,15H,3,6,8-9H2,1-2H3,(H,17,18);1H. The fourth-order valence-corrected chi connectivity index (χ4v) is 2.75. The first-order valence-electron chi connectivity index (χ1n) is 7.13. The number of nitrogens with zero attached hydrogens (tertiary/aromatic N) is 4. The average molecular weight is 325 g/mol. The molecular formula is C14H21ClN6O. The summed E-state index contributed by atoms with van der Waals surface area (Å²) in [6.45, 7) is 4.17. The number of aromatic amines is 1. The Labute approximate surface area is 135 Å². The predicted octanol–water partition coefficient (Wildman–Crippen LogP) is 0.589. The highest BCUT2D eigenvalue weighted by molar-refractivity contribution is 5.85. The van der Waals surface area contributed by atoms with Gasteiger partial charge < -0.3 is 14.8 Å². The lowest BCUT2D eigenvalue weighted by Crippen LogP contribution is -2.49. The monoisotopic (exact) mass is 324 g/mol. The summed E-state index contributed by atoms with van der Waals surface area (Å²) >= 11 is 0. The highest BCUT2D eigenvalue weighted by Crippen LogP contribution is 2.21. The molecule has 0 radical (unpaired) electrons. The molecule has 1 fully saturated rings. The maximum atomic E-state index is 12.6. The van der Waals surface area contributed by atoms with Crippen LogP contribution in [0.4, 0.5) is 0 Å². The molecule has 1 unspecified atom stereocenters. The van der Waals surface area contributed by atoms with E-state index >= 15 is 0 Å². The van der Waals surface area contributed by atoms with Crippen LogP contribution in [0.2, 0.25) is 0 Å². The number of aromatic nitrogens is 4. The lowest BCUT2D eigenvalue weighted by Gasteiger charge is -2.35. The number of hydrogen-bond donors (Lipinski definition) is 2. The van der Waals surface area contributed by atoms with Crippen molar-refractivity contribution in [1.29, 1.82) is 0 Å². The Balaban J connectivity index is 0.00000176. The van der Waals surface area contributed by atoms with Gasteiger partial charge in [-0.3, -0.25) is 9.89 Å². The molecule has 0 spiro atoms. The van der Waals surface area contributed by atoms with Gasteiger partial charge in [0.25, 0.3) is 0 Å². The first-order chi connectivity index (χ1) is 10.1. The smallest absolute Gasteiger partial charge is 0.229 e. The van der Waals surface area contributed by atoms with Gasteiger partial charge in [-0.15, -0.1) is 12.4 Å². The van der Waals surface area contributed by atoms with Crippen LogP contribution in [0.25, 0.3) is 0 Å². The summed E-state index contributed by atoms with van der Waals surface area (Å²) in [6, 6.07) is 1.89. The highest BCUT2D eigenvalue weighted by atomic mass is 35.5. The number of piperazine rings is 1. The zero-order chi connectivity index (χ0) is 14.8. The fourth-order valence-electron chi connectivity index (χ4n) is 2.75. The van der Waals surface area contributed by atoms with E-state index < -0.39 is 0 Å². The van der Waals surface area contributed by atoms with E-state index in [0.717, 1.165) is 30.3 Å². The van der Waals surface area contributed by atoms with Crippen LogP contribution >= 0.6 is 12.4 Å². The molecule has 3 heterocycles. The molecule has 2 aromatic heterocycles. The second-order valence-electron chi connectivity index (χ2n) is 5.42. The van der Waals surface area contributed by atoms with Crippen molar-refractivity contribution < 1.29 is 4.79 Å². The molecule has 1 atom stereocenters. The van der Waals surface area contributed by atoms with Crippen molar-refractivity contribution in [2.45, 2.75) is 19.4 Å². The minimum Gasteiger partial charge on any atom is -0.336 e. The van der Waals surface area contributed by atoms with Gasteiger partial charge in [0.05, 0.1) is 12.1 Å². The highest BCUT2D eigenvalue weighted by Gasteiger charge is 2.30. The van der Waals surface area contributed by atoms with E-state index in [9.17, 15) is 4.79 Å². The zero-order valence-electron chi connectivity index (χ0n) is 12.7. The lowest BCUT2D eigenvalue weighted by molar-refractivity contribution is -0.134. The number of carbonyl (C=O) groups excluding carboxylic acids is 1. The Morgan fingerprint density at radius 2 is 2.32 bits per heavy atom. The van der Waals surface area contributed by atoms with Gasteiger partial charge in [0.15, 0.2) is 0 Å². The number of carbonyl (C=O) groups is 1. The predicted molar refractivity (Wildman–Crippen MR) is 84.8 cm³/mol. The van der Waals surface area contributed by atoms with Gasteiger partial charge in [-0.05, 0) is 13.0 Å². The van der Waals surface area contributed by atoms with Crippen LogP contribution in [0.15, 0.2) is 18.5 Å². The molecular weight excluding hydrogens is 304 g/mol. The summed E-state index contributed by atoms with van der Waals surface area (Å²) in [4.78, 5) is 18.9. The van der Waals surface area contributed by atoms with Crippen molar-refractivity contribution >= 4 is 18.3 Å². The second kappa shape index (κ2) is 6.93. The largest absolute Gasteiger partial charge is 0.336 e. The van der Waals surface area contributed by atoms with E-state index in [1.54, 1.807) is 6.20 Å². The van der Waals surface area contributed by atoms with Crippen LogP contribution in [-0.4, -0.2) is 50.2 Å². The molecule has 0 aromatic carbocycles. The summed E-state index contributed by atoms with van der Waals surface area (Å²) in [5.74, 6) is 1.00. The topological polar surface area (TPSA) is 78.8 Å². The maximum absolute atomic E-state index is 12.6. The average Bonchev–Trinajstić information content (AvgIpc) is 3.07. The molecule has 0 aliphatic carbocycles. The van der Waals surface area contributed by atoms with Crippen LogP contribution in [0.1, 0.15) is 23.3 Å². The SMILES string of the molecule is Cc1cc(CC(=O)N2CCNCC2c2nccn2C)n[nH]1.Cl. The van der Waals surface area contributed by atoms with E-state index in [4.69, 9.17) is 0 Å². The van der Waals surface area contributed by atoms with Crippen molar-refractivity contribution in [2.75, 3.05) is 19.6 Å². The van der Waals surface area contributed by atoms with Gasteiger partial charge in [0.2, 0.25) is 5.91 Å². The van der Waals surface area contributed by atoms with Crippen LogP contribution in [0.3, 0.4) is 0 Å². The summed E-state index contributed by atoms with van der Waals surface area (Å²) in [7, 11) is 1.96. The molecule has 8 heteroatoms. The van der Waals surface area contributed by atoms with Gasteiger partial charge in [-0.2, -0.15) is 5.10 Å². The number of amides is 1. The van der Waals surface area contributed by atoms with Gasteiger partial charge >= 0.3 is 0 Å². The van der Waals surface area contributed by atoms with Crippen molar-refractivity contribution in [2.24, 2.45) is 7.05 Å². The molecule has 2 aromatic rings. The van der Waals surface area contributed by atoms with Gasteiger partial charge in [0.1, 0.15) is 11.9 Å². The van der Waals surface area contributed by atoms with Crippen LogP contribution in [-0.2, 0) is 18.3 Å². The molecule has 7 nitrogen and oxygen atoms in total. The first-order valence-corrected chi connectivity index (χ1v) is 7.13. The number of hydrogen-bond acceptors (Lipinski definition) is 4. The van der Waals surface area contributed by atoms with Gasteiger partial charge in [0, 0.05) is 44.8 Å². The zero-order valence-corrected chi connectivity index (χ0v) is 13.6. The molecule has 0 bridgehead atoms. The molecule has 1 aliphatic rings. The maximum Gasteiger partial charge on any atom is 0.229 e. The summed E-state index contributed by atoms with van der Waals surface area (Å²) in [5, 5.41) is 10.4. The first kappa shape index (κ1) is 16.5. The van der Waals surface area contributed by atoms with Crippen molar-refractivity contribution in [1.82, 2.24) is 30.0 Å². The molecule has 22 heavy (non-hydrogen) atoms. The minimum absolute atomic E-state index is 0. The Kier molecular flexibility index (Phi) is 5.20. The van der Waals surface area contributed by atoms with Crippen molar-refractivity contribution in [3.05, 3.63) is 35.7 Å². The quantitative estimate of drug-likeness (QED) is 0.866. The minimum atomic E-state index is -0.0220.